The third kappa shape index (κ3) is 2.25. The van der Waals surface area contributed by atoms with E-state index in [0.29, 0.717) is 5.92 Å². The van der Waals surface area contributed by atoms with Crippen LogP contribution >= 0.6 is 15.9 Å². The largest absolute Gasteiger partial charge is 0.496 e. The Kier molecular flexibility index (Phi) is 3.37. The topological polar surface area (TPSA) is 9.23 Å². The quantitative estimate of drug-likeness (QED) is 0.765. The second-order valence-corrected chi connectivity index (χ2v) is 4.41. The van der Waals surface area contributed by atoms with Crippen molar-refractivity contribution < 1.29 is 4.74 Å². The van der Waals surface area contributed by atoms with Crippen LogP contribution in [0.5, 0.6) is 5.75 Å². The zero-order valence-corrected chi connectivity index (χ0v) is 10.1. The van der Waals surface area contributed by atoms with Crippen LogP contribution in [0.3, 0.4) is 0 Å². The summed E-state index contributed by atoms with van der Waals surface area (Å²) < 4.78 is 6.41. The first-order valence-electron chi connectivity index (χ1n) is 4.40. The molecule has 0 radical (unpaired) electrons. The minimum atomic E-state index is 0.503. The van der Waals surface area contributed by atoms with E-state index in [2.05, 4.69) is 42.8 Å². The smallest absolute Gasteiger partial charge is 0.123 e. The van der Waals surface area contributed by atoms with Gasteiger partial charge in [0.1, 0.15) is 5.75 Å². The highest BCUT2D eigenvalue weighted by Crippen LogP contribution is 2.32. The molecule has 0 saturated heterocycles. The molecule has 1 aromatic rings. The lowest BCUT2D eigenvalue weighted by atomic mass is 9.97. The summed E-state index contributed by atoms with van der Waals surface area (Å²) in [4.78, 5) is 0. The van der Waals surface area contributed by atoms with Gasteiger partial charge in [0.05, 0.1) is 7.11 Å². The van der Waals surface area contributed by atoms with E-state index in [0.717, 1.165) is 10.2 Å². The van der Waals surface area contributed by atoms with Gasteiger partial charge >= 0.3 is 0 Å². The molecule has 72 valence electrons. The Balaban J connectivity index is 3.30. The van der Waals surface area contributed by atoms with E-state index in [1.807, 2.05) is 6.07 Å². The normalized spacial score (nSPS) is 10.6. The van der Waals surface area contributed by atoms with Crippen LogP contribution in [0.15, 0.2) is 16.6 Å². The van der Waals surface area contributed by atoms with Gasteiger partial charge in [0, 0.05) is 4.47 Å². The minimum Gasteiger partial charge on any atom is -0.496 e. The molecule has 0 amide bonds. The first kappa shape index (κ1) is 10.6. The van der Waals surface area contributed by atoms with Crippen molar-refractivity contribution >= 4 is 15.9 Å². The zero-order chi connectivity index (χ0) is 10.0. The summed E-state index contributed by atoms with van der Waals surface area (Å²) in [5, 5.41) is 0. The van der Waals surface area contributed by atoms with Crippen molar-refractivity contribution in [3.63, 3.8) is 0 Å². The molecule has 1 aromatic carbocycles. The van der Waals surface area contributed by atoms with Crippen molar-refractivity contribution in [3.05, 3.63) is 27.7 Å². The number of methoxy groups -OCH3 is 1. The highest BCUT2D eigenvalue weighted by molar-refractivity contribution is 9.10. The fourth-order valence-corrected chi connectivity index (χ4v) is 2.18. The molecule has 0 aliphatic heterocycles. The number of hydrogen-bond donors (Lipinski definition) is 0. The fraction of sp³-hybridized carbons (Fsp3) is 0.455. The van der Waals surface area contributed by atoms with Crippen molar-refractivity contribution in [2.45, 2.75) is 26.7 Å². The monoisotopic (exact) mass is 242 g/mol. The fourth-order valence-electron chi connectivity index (χ4n) is 1.63. The van der Waals surface area contributed by atoms with E-state index < -0.39 is 0 Å². The van der Waals surface area contributed by atoms with Gasteiger partial charge in [0.2, 0.25) is 0 Å². The molecule has 0 heterocycles. The molecular weight excluding hydrogens is 228 g/mol. The minimum absolute atomic E-state index is 0.503. The number of hydrogen-bond acceptors (Lipinski definition) is 1. The molecule has 2 heteroatoms. The molecule has 0 aromatic heterocycles. The second-order valence-electron chi connectivity index (χ2n) is 3.49. The Morgan fingerprint density at radius 1 is 1.31 bits per heavy atom. The molecule has 0 aliphatic rings. The van der Waals surface area contributed by atoms with Gasteiger partial charge < -0.3 is 4.74 Å². The number of halogens is 1. The van der Waals surface area contributed by atoms with E-state index in [9.17, 15) is 0 Å². The van der Waals surface area contributed by atoms with E-state index in [-0.39, 0.29) is 0 Å². The highest BCUT2D eigenvalue weighted by atomic mass is 79.9. The third-order valence-corrected chi connectivity index (χ3v) is 2.57. The summed E-state index contributed by atoms with van der Waals surface area (Å²) in [6, 6.07) is 4.14. The lowest BCUT2D eigenvalue weighted by molar-refractivity contribution is 0.406. The first-order valence-corrected chi connectivity index (χ1v) is 5.19. The van der Waals surface area contributed by atoms with Crippen LogP contribution < -0.4 is 4.74 Å². The van der Waals surface area contributed by atoms with E-state index >= 15 is 0 Å². The molecule has 1 nitrogen and oxygen atoms in total. The van der Waals surface area contributed by atoms with Crippen LogP contribution in [0, 0.1) is 6.92 Å². The maximum Gasteiger partial charge on any atom is 0.123 e. The molecule has 0 atom stereocenters. The molecule has 0 bridgehead atoms. The van der Waals surface area contributed by atoms with Crippen LogP contribution in [0.4, 0.5) is 0 Å². The Morgan fingerprint density at radius 2 is 1.92 bits per heavy atom. The van der Waals surface area contributed by atoms with Gasteiger partial charge in [-0.15, -0.1) is 0 Å². The average molecular weight is 243 g/mol. The van der Waals surface area contributed by atoms with Crippen molar-refractivity contribution in [2.24, 2.45) is 0 Å². The summed E-state index contributed by atoms with van der Waals surface area (Å²) >= 11 is 3.46. The van der Waals surface area contributed by atoms with Gasteiger partial charge in [0.25, 0.3) is 0 Å². The summed E-state index contributed by atoms with van der Waals surface area (Å²) in [5.74, 6) is 1.48. The van der Waals surface area contributed by atoms with Crippen molar-refractivity contribution in [1.82, 2.24) is 0 Å². The lowest BCUT2D eigenvalue weighted by Gasteiger charge is -2.15. The van der Waals surface area contributed by atoms with Crippen molar-refractivity contribution in [1.29, 1.82) is 0 Å². The SMILES string of the molecule is COc1cc(Br)cc(C)c1C(C)C. The van der Waals surface area contributed by atoms with Crippen LogP contribution in [-0.2, 0) is 0 Å². The van der Waals surface area contributed by atoms with Crippen LogP contribution in [0.1, 0.15) is 30.9 Å². The number of aryl methyl sites for hydroxylation is 1. The van der Waals surface area contributed by atoms with Crippen LogP contribution in [0.2, 0.25) is 0 Å². The molecular formula is C11H15BrO. The molecule has 0 N–H and O–H groups in total. The molecule has 0 unspecified atom stereocenters. The molecule has 13 heavy (non-hydrogen) atoms. The number of benzene rings is 1. The maximum atomic E-state index is 5.34. The van der Waals surface area contributed by atoms with E-state index in [1.165, 1.54) is 11.1 Å². The predicted octanol–water partition coefficient (Wildman–Crippen LogP) is 3.89. The zero-order valence-electron chi connectivity index (χ0n) is 8.52. The Morgan fingerprint density at radius 3 is 2.38 bits per heavy atom. The first-order chi connectivity index (χ1) is 6.06. The maximum absolute atomic E-state index is 5.34. The number of ether oxygens (including phenoxy) is 1. The predicted molar refractivity (Wildman–Crippen MR) is 59.5 cm³/mol. The highest BCUT2D eigenvalue weighted by Gasteiger charge is 2.10. The molecule has 0 aliphatic carbocycles. The third-order valence-electron chi connectivity index (χ3n) is 2.11. The van der Waals surface area contributed by atoms with Gasteiger partial charge in [-0.25, -0.2) is 0 Å². The standard InChI is InChI=1S/C11H15BrO/c1-7(2)11-8(3)5-9(12)6-10(11)13-4/h5-7H,1-4H3. The second kappa shape index (κ2) is 4.14. The molecule has 0 saturated carbocycles. The summed E-state index contributed by atoms with van der Waals surface area (Å²) in [7, 11) is 1.72. The van der Waals surface area contributed by atoms with Gasteiger partial charge in [-0.05, 0) is 36.1 Å². The van der Waals surface area contributed by atoms with E-state index in [4.69, 9.17) is 4.74 Å². The molecule has 0 fully saturated rings. The van der Waals surface area contributed by atoms with Crippen LogP contribution in [0.25, 0.3) is 0 Å². The Hall–Kier alpha value is -0.500. The van der Waals surface area contributed by atoms with E-state index in [1.54, 1.807) is 7.11 Å². The molecule has 1 rings (SSSR count). The average Bonchev–Trinajstić information content (AvgIpc) is 2.01. The van der Waals surface area contributed by atoms with Gasteiger partial charge in [-0.3, -0.25) is 0 Å². The Labute approximate surface area is 88.2 Å². The van der Waals surface area contributed by atoms with Gasteiger partial charge in [-0.2, -0.15) is 0 Å². The molecule has 0 spiro atoms. The van der Waals surface area contributed by atoms with Crippen LogP contribution in [-0.4, -0.2) is 7.11 Å². The number of rotatable bonds is 2. The Bertz CT molecular complexity index is 305. The van der Waals surface area contributed by atoms with Crippen molar-refractivity contribution in [3.8, 4) is 5.75 Å². The van der Waals surface area contributed by atoms with Gasteiger partial charge in [0.15, 0.2) is 0 Å². The summed E-state index contributed by atoms with van der Waals surface area (Å²) in [6.45, 7) is 6.47. The summed E-state index contributed by atoms with van der Waals surface area (Å²) in [6.07, 6.45) is 0. The van der Waals surface area contributed by atoms with Crippen molar-refractivity contribution in [2.75, 3.05) is 7.11 Å². The van der Waals surface area contributed by atoms with Gasteiger partial charge in [-0.1, -0.05) is 29.8 Å². The summed E-state index contributed by atoms with van der Waals surface area (Å²) in [5.41, 5.74) is 2.58. The lowest BCUT2D eigenvalue weighted by Crippen LogP contribution is -1.97.